The van der Waals surface area contributed by atoms with E-state index in [4.69, 9.17) is 14.2 Å². The molecule has 6 heteroatoms. The van der Waals surface area contributed by atoms with Crippen LogP contribution in [0.25, 0.3) is 0 Å². The number of methoxy groups -OCH3 is 2. The van der Waals surface area contributed by atoms with Crippen molar-refractivity contribution in [3.8, 4) is 11.5 Å². The molecule has 0 aromatic heterocycles. The number of amides is 1. The second-order valence-corrected chi connectivity index (χ2v) is 4.97. The van der Waals surface area contributed by atoms with Crippen molar-refractivity contribution in [2.45, 2.75) is 13.0 Å². The molecule has 0 radical (unpaired) electrons. The highest BCUT2D eigenvalue weighted by Crippen LogP contribution is 2.27. The van der Waals surface area contributed by atoms with Crippen molar-refractivity contribution < 1.29 is 23.8 Å². The van der Waals surface area contributed by atoms with E-state index in [0.29, 0.717) is 17.2 Å². The summed E-state index contributed by atoms with van der Waals surface area (Å²) in [5.74, 6) is -0.112. The van der Waals surface area contributed by atoms with Gasteiger partial charge in [-0.2, -0.15) is 0 Å². The van der Waals surface area contributed by atoms with E-state index in [-0.39, 0.29) is 5.56 Å². The van der Waals surface area contributed by atoms with Crippen LogP contribution in [0.3, 0.4) is 0 Å². The molecule has 126 valence electrons. The Morgan fingerprint density at radius 3 is 2.25 bits per heavy atom. The first kappa shape index (κ1) is 17.3. The van der Waals surface area contributed by atoms with Crippen LogP contribution >= 0.6 is 0 Å². The summed E-state index contributed by atoms with van der Waals surface area (Å²) in [5.41, 5.74) is 0.906. The molecule has 0 aliphatic heterocycles. The van der Waals surface area contributed by atoms with Crippen LogP contribution in [-0.4, -0.2) is 32.2 Å². The zero-order valence-electron chi connectivity index (χ0n) is 13.7. The van der Waals surface area contributed by atoms with Crippen molar-refractivity contribution in [1.29, 1.82) is 0 Å². The largest absolute Gasteiger partial charge is 0.493 e. The molecule has 6 nitrogen and oxygen atoms in total. The van der Waals surface area contributed by atoms with Gasteiger partial charge in [-0.1, -0.05) is 18.2 Å². The van der Waals surface area contributed by atoms with Gasteiger partial charge in [0.15, 0.2) is 17.6 Å². The highest BCUT2D eigenvalue weighted by Gasteiger charge is 2.20. The number of ether oxygens (including phenoxy) is 3. The van der Waals surface area contributed by atoms with E-state index in [1.165, 1.54) is 27.2 Å². The van der Waals surface area contributed by atoms with Gasteiger partial charge in [0.1, 0.15) is 0 Å². The van der Waals surface area contributed by atoms with Crippen molar-refractivity contribution in [3.63, 3.8) is 0 Å². The predicted octanol–water partition coefficient (Wildman–Crippen LogP) is 2.89. The van der Waals surface area contributed by atoms with Gasteiger partial charge in [0.2, 0.25) is 0 Å². The monoisotopic (exact) mass is 329 g/mol. The van der Waals surface area contributed by atoms with Gasteiger partial charge < -0.3 is 19.5 Å². The number of rotatable bonds is 6. The molecule has 1 atom stereocenters. The Bertz CT molecular complexity index is 715. The van der Waals surface area contributed by atoms with Crippen LogP contribution in [0.5, 0.6) is 11.5 Å². The van der Waals surface area contributed by atoms with Gasteiger partial charge in [-0.15, -0.1) is 0 Å². The molecule has 2 aromatic rings. The second kappa shape index (κ2) is 8.01. The summed E-state index contributed by atoms with van der Waals surface area (Å²) in [7, 11) is 2.98. The fraction of sp³-hybridized carbons (Fsp3) is 0.222. The summed E-state index contributed by atoms with van der Waals surface area (Å²) in [6.45, 7) is 1.51. The third-order valence-electron chi connectivity index (χ3n) is 3.31. The number of benzene rings is 2. The smallest absolute Gasteiger partial charge is 0.339 e. The number of hydrogen-bond acceptors (Lipinski definition) is 5. The van der Waals surface area contributed by atoms with Crippen molar-refractivity contribution in [3.05, 3.63) is 54.1 Å². The first-order valence-corrected chi connectivity index (χ1v) is 7.34. The zero-order valence-corrected chi connectivity index (χ0v) is 13.7. The molecule has 0 heterocycles. The average molecular weight is 329 g/mol. The molecule has 0 bridgehead atoms. The fourth-order valence-corrected chi connectivity index (χ4v) is 2.01. The van der Waals surface area contributed by atoms with Gasteiger partial charge in [0.25, 0.3) is 5.91 Å². The Balaban J connectivity index is 2.02. The van der Waals surface area contributed by atoms with Crippen molar-refractivity contribution in [2.24, 2.45) is 0 Å². The number of para-hydroxylation sites is 1. The molecule has 2 aromatic carbocycles. The predicted molar refractivity (Wildman–Crippen MR) is 89.5 cm³/mol. The van der Waals surface area contributed by atoms with Gasteiger partial charge in [-0.25, -0.2) is 4.79 Å². The molecule has 0 fully saturated rings. The molecule has 0 saturated heterocycles. The third kappa shape index (κ3) is 4.25. The maximum Gasteiger partial charge on any atom is 0.339 e. The summed E-state index contributed by atoms with van der Waals surface area (Å²) in [5, 5.41) is 2.68. The van der Waals surface area contributed by atoms with Crippen molar-refractivity contribution in [2.75, 3.05) is 19.5 Å². The van der Waals surface area contributed by atoms with Gasteiger partial charge in [-0.3, -0.25) is 4.79 Å². The van der Waals surface area contributed by atoms with E-state index >= 15 is 0 Å². The van der Waals surface area contributed by atoms with Crippen LogP contribution in [-0.2, 0) is 9.53 Å². The average Bonchev–Trinajstić information content (AvgIpc) is 2.61. The maximum atomic E-state index is 12.2. The van der Waals surface area contributed by atoms with E-state index in [1.807, 2.05) is 6.07 Å². The minimum Gasteiger partial charge on any atom is -0.493 e. The van der Waals surface area contributed by atoms with Crippen molar-refractivity contribution >= 4 is 17.6 Å². The molecular formula is C18H19NO5. The first-order chi connectivity index (χ1) is 11.5. The summed E-state index contributed by atoms with van der Waals surface area (Å²) >= 11 is 0. The lowest BCUT2D eigenvalue weighted by atomic mass is 10.2. The van der Waals surface area contributed by atoms with Crippen LogP contribution in [0, 0.1) is 0 Å². The molecular weight excluding hydrogens is 310 g/mol. The molecule has 0 saturated carbocycles. The topological polar surface area (TPSA) is 73.9 Å². The number of carbonyl (C=O) groups is 2. The lowest BCUT2D eigenvalue weighted by Gasteiger charge is -2.14. The van der Waals surface area contributed by atoms with E-state index in [9.17, 15) is 9.59 Å². The van der Waals surface area contributed by atoms with Crippen LogP contribution in [0.4, 0.5) is 5.69 Å². The molecule has 0 aliphatic rings. The van der Waals surface area contributed by atoms with Crippen LogP contribution in [0.15, 0.2) is 48.5 Å². The van der Waals surface area contributed by atoms with Gasteiger partial charge in [0.05, 0.1) is 19.8 Å². The number of nitrogens with one attached hydrogen (secondary N) is 1. The minimum absolute atomic E-state index is 0.270. The molecule has 0 unspecified atom stereocenters. The number of carbonyl (C=O) groups excluding carboxylic acids is 2. The lowest BCUT2D eigenvalue weighted by molar-refractivity contribution is -0.123. The first-order valence-electron chi connectivity index (χ1n) is 7.34. The van der Waals surface area contributed by atoms with E-state index < -0.39 is 18.0 Å². The Kier molecular flexibility index (Phi) is 5.78. The number of anilines is 1. The maximum absolute atomic E-state index is 12.2. The van der Waals surface area contributed by atoms with E-state index in [1.54, 1.807) is 36.4 Å². The molecule has 1 N–H and O–H groups in total. The summed E-state index contributed by atoms with van der Waals surface area (Å²) < 4.78 is 15.5. The SMILES string of the molecule is COc1ccc(C(=O)O[C@@H](C)C(=O)Nc2ccccc2)cc1OC. The van der Waals surface area contributed by atoms with E-state index in [0.717, 1.165) is 0 Å². The Morgan fingerprint density at radius 1 is 0.958 bits per heavy atom. The van der Waals surface area contributed by atoms with Gasteiger partial charge >= 0.3 is 5.97 Å². The Labute approximate surface area is 140 Å². The molecule has 0 aliphatic carbocycles. The Morgan fingerprint density at radius 2 is 1.62 bits per heavy atom. The molecule has 2 rings (SSSR count). The van der Waals surface area contributed by atoms with Gasteiger partial charge in [0, 0.05) is 5.69 Å². The highest BCUT2D eigenvalue weighted by atomic mass is 16.5. The van der Waals surface area contributed by atoms with Crippen molar-refractivity contribution in [1.82, 2.24) is 0 Å². The van der Waals surface area contributed by atoms with Crippen LogP contribution in [0.1, 0.15) is 17.3 Å². The molecule has 24 heavy (non-hydrogen) atoms. The minimum atomic E-state index is -0.939. The molecule has 0 spiro atoms. The quantitative estimate of drug-likeness (QED) is 0.825. The Hall–Kier alpha value is -3.02. The fourth-order valence-electron chi connectivity index (χ4n) is 2.01. The second-order valence-electron chi connectivity index (χ2n) is 4.97. The summed E-state index contributed by atoms with van der Waals surface area (Å²) in [6.07, 6.45) is -0.939. The standard InChI is InChI=1S/C18H19NO5/c1-12(17(20)19-14-7-5-4-6-8-14)24-18(21)13-9-10-15(22-2)16(11-13)23-3/h4-12H,1-3H3,(H,19,20)/t12-/m0/s1. The molecule has 1 amide bonds. The summed E-state index contributed by atoms with van der Waals surface area (Å²) in [6, 6.07) is 13.6. The van der Waals surface area contributed by atoms with Gasteiger partial charge in [-0.05, 0) is 37.3 Å². The van der Waals surface area contributed by atoms with Crippen LogP contribution in [0.2, 0.25) is 0 Å². The van der Waals surface area contributed by atoms with Crippen LogP contribution < -0.4 is 14.8 Å². The third-order valence-corrected chi connectivity index (χ3v) is 3.31. The highest BCUT2D eigenvalue weighted by molar-refractivity contribution is 5.97. The number of hydrogen-bond donors (Lipinski definition) is 1. The zero-order chi connectivity index (χ0) is 17.5. The summed E-state index contributed by atoms with van der Waals surface area (Å²) in [4.78, 5) is 24.3. The normalized spacial score (nSPS) is 11.3. The van der Waals surface area contributed by atoms with E-state index in [2.05, 4.69) is 5.32 Å². The number of esters is 1. The lowest BCUT2D eigenvalue weighted by Crippen LogP contribution is -2.30.